The molecule has 1 atom stereocenters. The number of hydrogen-bond donors (Lipinski definition) is 1. The van der Waals surface area contributed by atoms with Crippen LogP contribution in [0.1, 0.15) is 6.92 Å². The minimum atomic E-state index is -0.786. The molecule has 126 valence electrons. The number of nitrogens with zero attached hydrogens (tertiary/aromatic N) is 3. The molecule has 0 fully saturated rings. The van der Waals surface area contributed by atoms with Crippen LogP contribution in [0.2, 0.25) is 0 Å². The van der Waals surface area contributed by atoms with Crippen LogP contribution in [0.25, 0.3) is 0 Å². The number of rotatable bonds is 5. The lowest BCUT2D eigenvalue weighted by Crippen LogP contribution is -2.33. The molecule has 1 aromatic rings. The molecule has 0 heterocycles. The molecule has 1 aliphatic carbocycles. The summed E-state index contributed by atoms with van der Waals surface area (Å²) in [5.41, 5.74) is 1.43. The Labute approximate surface area is 146 Å². The maximum absolute atomic E-state index is 11.1. The van der Waals surface area contributed by atoms with E-state index < -0.39 is 25.8 Å². The number of nitrogens with one attached hydrogen (secondary N) is 1. The third-order valence-corrected chi connectivity index (χ3v) is 4.41. The van der Waals surface area contributed by atoms with Crippen molar-refractivity contribution in [3.63, 3.8) is 0 Å². The van der Waals surface area contributed by atoms with E-state index in [-0.39, 0.29) is 11.4 Å². The molecule has 0 amide bonds. The van der Waals surface area contributed by atoms with Gasteiger partial charge in [0.05, 0.1) is 27.0 Å². The number of anilines is 1. The fraction of sp³-hybridized carbons (Fsp3) is 0.214. The lowest BCUT2D eigenvalue weighted by atomic mass is 9.83. The summed E-state index contributed by atoms with van der Waals surface area (Å²) in [6.07, 6.45) is 6.93. The maximum Gasteiger partial charge on any atom is 0.301 e. The SMILES string of the molecule is CC1(C(Cl)Cl)C=CC=C/C1=N\Nc1ccc([N+](=O)[O-])cc1[N+](=O)[O-]. The lowest BCUT2D eigenvalue weighted by Gasteiger charge is -2.29. The molecule has 0 aliphatic heterocycles. The van der Waals surface area contributed by atoms with Crippen LogP contribution in [-0.2, 0) is 0 Å². The van der Waals surface area contributed by atoms with Gasteiger partial charge in [-0.25, -0.2) is 0 Å². The molecule has 1 N–H and O–H groups in total. The average molecular weight is 371 g/mol. The van der Waals surface area contributed by atoms with E-state index in [9.17, 15) is 20.2 Å². The van der Waals surface area contributed by atoms with Crippen LogP contribution in [0.4, 0.5) is 17.1 Å². The summed E-state index contributed by atoms with van der Waals surface area (Å²) in [6, 6.07) is 3.24. The highest BCUT2D eigenvalue weighted by Crippen LogP contribution is 2.36. The molecule has 1 unspecified atom stereocenters. The highest BCUT2D eigenvalue weighted by molar-refractivity contribution is 6.46. The minimum absolute atomic E-state index is 0.0177. The number of nitro benzene ring substituents is 2. The largest absolute Gasteiger partial charge is 0.301 e. The molecular weight excluding hydrogens is 359 g/mol. The minimum Gasteiger partial charge on any atom is -0.271 e. The van der Waals surface area contributed by atoms with Crippen LogP contribution in [0.3, 0.4) is 0 Å². The first-order chi connectivity index (χ1) is 11.3. The Kier molecular flexibility index (Phi) is 5.20. The predicted molar refractivity (Wildman–Crippen MR) is 92.7 cm³/mol. The van der Waals surface area contributed by atoms with Gasteiger partial charge in [-0.1, -0.05) is 18.2 Å². The van der Waals surface area contributed by atoms with Crippen molar-refractivity contribution >= 4 is 46.0 Å². The van der Waals surface area contributed by atoms with Gasteiger partial charge >= 0.3 is 5.69 Å². The topological polar surface area (TPSA) is 111 Å². The van der Waals surface area contributed by atoms with E-state index in [0.717, 1.165) is 12.1 Å². The van der Waals surface area contributed by atoms with E-state index in [0.29, 0.717) is 5.71 Å². The first kappa shape index (κ1) is 17.9. The molecule has 1 aliphatic rings. The summed E-state index contributed by atoms with van der Waals surface area (Å²) in [5.74, 6) is 0. The van der Waals surface area contributed by atoms with Crippen molar-refractivity contribution in [2.45, 2.75) is 11.8 Å². The zero-order chi connectivity index (χ0) is 17.9. The van der Waals surface area contributed by atoms with Crippen molar-refractivity contribution < 1.29 is 9.85 Å². The second kappa shape index (κ2) is 6.98. The van der Waals surface area contributed by atoms with Gasteiger partial charge < -0.3 is 0 Å². The van der Waals surface area contributed by atoms with Crippen molar-refractivity contribution in [1.29, 1.82) is 0 Å². The number of allylic oxidation sites excluding steroid dienone is 4. The Bertz CT molecular complexity index is 776. The fourth-order valence-electron chi connectivity index (χ4n) is 2.01. The Hall–Kier alpha value is -2.45. The standard InChI is InChI=1S/C14H12Cl2N4O4/c1-14(13(15)16)7-3-2-4-12(14)18-17-10-6-5-9(19(21)22)8-11(10)20(23)24/h2-8,13,17H,1H3/b18-12+. The number of halogens is 2. The van der Waals surface area contributed by atoms with E-state index in [1.807, 2.05) is 0 Å². The first-order valence-corrected chi connectivity index (χ1v) is 7.54. The summed E-state index contributed by atoms with van der Waals surface area (Å²) in [5, 5.41) is 26.0. The molecule has 0 saturated carbocycles. The van der Waals surface area contributed by atoms with E-state index >= 15 is 0 Å². The number of benzene rings is 1. The van der Waals surface area contributed by atoms with Gasteiger partial charge in [-0.05, 0) is 19.1 Å². The highest BCUT2D eigenvalue weighted by atomic mass is 35.5. The summed E-state index contributed by atoms with van der Waals surface area (Å²) >= 11 is 12.0. The Morgan fingerprint density at radius 2 is 1.92 bits per heavy atom. The summed E-state index contributed by atoms with van der Waals surface area (Å²) < 4.78 is 0. The third kappa shape index (κ3) is 3.55. The normalized spacial score (nSPS) is 21.2. The molecular formula is C14H12Cl2N4O4. The van der Waals surface area contributed by atoms with Crippen molar-refractivity contribution in [3.8, 4) is 0 Å². The van der Waals surface area contributed by atoms with Crippen molar-refractivity contribution in [2.24, 2.45) is 10.5 Å². The van der Waals surface area contributed by atoms with E-state index in [2.05, 4.69) is 10.5 Å². The number of nitro groups is 2. The molecule has 0 saturated heterocycles. The molecule has 0 radical (unpaired) electrons. The van der Waals surface area contributed by atoms with Crippen molar-refractivity contribution in [1.82, 2.24) is 0 Å². The van der Waals surface area contributed by atoms with Gasteiger partial charge in [0, 0.05) is 6.07 Å². The van der Waals surface area contributed by atoms with Gasteiger partial charge in [-0.2, -0.15) is 5.10 Å². The lowest BCUT2D eigenvalue weighted by molar-refractivity contribution is -0.393. The smallest absolute Gasteiger partial charge is 0.271 e. The van der Waals surface area contributed by atoms with Crippen LogP contribution in [0.15, 0.2) is 47.6 Å². The Balaban J connectivity index is 2.37. The van der Waals surface area contributed by atoms with E-state index in [1.54, 1.807) is 31.2 Å². The number of alkyl halides is 2. The molecule has 10 heteroatoms. The number of non-ortho nitro benzene ring substituents is 1. The monoisotopic (exact) mass is 370 g/mol. The summed E-state index contributed by atoms with van der Waals surface area (Å²) in [6.45, 7) is 1.77. The fourth-order valence-corrected chi connectivity index (χ4v) is 2.38. The molecule has 8 nitrogen and oxygen atoms in total. The zero-order valence-corrected chi connectivity index (χ0v) is 13.9. The number of hydrogen-bond acceptors (Lipinski definition) is 6. The average Bonchev–Trinajstić information content (AvgIpc) is 2.53. The predicted octanol–water partition coefficient (Wildman–Crippen LogP) is 4.21. The quantitative estimate of drug-likeness (QED) is 0.474. The van der Waals surface area contributed by atoms with Crippen molar-refractivity contribution in [3.05, 3.63) is 62.7 Å². The van der Waals surface area contributed by atoms with Crippen LogP contribution >= 0.6 is 23.2 Å². The second-order valence-corrected chi connectivity index (χ2v) is 6.22. The highest BCUT2D eigenvalue weighted by Gasteiger charge is 2.35. The Morgan fingerprint density at radius 1 is 1.21 bits per heavy atom. The van der Waals surface area contributed by atoms with Gasteiger partial charge in [0.2, 0.25) is 0 Å². The van der Waals surface area contributed by atoms with Crippen LogP contribution in [0.5, 0.6) is 0 Å². The summed E-state index contributed by atoms with van der Waals surface area (Å²) in [7, 11) is 0. The number of hydrazone groups is 1. The molecule has 24 heavy (non-hydrogen) atoms. The first-order valence-electron chi connectivity index (χ1n) is 6.67. The van der Waals surface area contributed by atoms with Crippen molar-refractivity contribution in [2.75, 3.05) is 5.43 Å². The van der Waals surface area contributed by atoms with E-state index in [4.69, 9.17) is 23.2 Å². The molecule has 0 spiro atoms. The third-order valence-electron chi connectivity index (χ3n) is 3.50. The van der Waals surface area contributed by atoms with Crippen LogP contribution < -0.4 is 5.43 Å². The zero-order valence-electron chi connectivity index (χ0n) is 12.3. The molecule has 1 aromatic carbocycles. The van der Waals surface area contributed by atoms with E-state index in [1.165, 1.54) is 6.07 Å². The Morgan fingerprint density at radius 3 is 2.50 bits per heavy atom. The van der Waals surface area contributed by atoms with Gasteiger partial charge in [0.1, 0.15) is 10.5 Å². The van der Waals surface area contributed by atoms with Gasteiger partial charge in [0.15, 0.2) is 0 Å². The second-order valence-electron chi connectivity index (χ2n) is 5.13. The van der Waals surface area contributed by atoms with Gasteiger partial charge in [-0.15, -0.1) is 23.2 Å². The molecule has 0 bridgehead atoms. The molecule has 0 aromatic heterocycles. The van der Waals surface area contributed by atoms with Crippen LogP contribution in [-0.4, -0.2) is 20.4 Å². The maximum atomic E-state index is 11.1. The summed E-state index contributed by atoms with van der Waals surface area (Å²) in [4.78, 5) is 19.6. The molecule has 2 rings (SSSR count). The van der Waals surface area contributed by atoms with Gasteiger partial charge in [-0.3, -0.25) is 25.7 Å². The van der Waals surface area contributed by atoms with Gasteiger partial charge in [0.25, 0.3) is 5.69 Å². The van der Waals surface area contributed by atoms with Crippen LogP contribution in [0, 0.1) is 25.6 Å².